The Kier molecular flexibility index (Phi) is 4.21. The lowest BCUT2D eigenvalue weighted by Gasteiger charge is -2.26. The minimum Gasteiger partial charge on any atom is -0.353 e. The van der Waals surface area contributed by atoms with Gasteiger partial charge in [-0.15, -0.1) is 0 Å². The summed E-state index contributed by atoms with van der Waals surface area (Å²) in [6, 6.07) is 4.27. The molecule has 3 aromatic rings. The maximum atomic E-state index is 13.3. The van der Waals surface area contributed by atoms with Crippen molar-refractivity contribution in [2.24, 2.45) is 0 Å². The number of nitrogens with zero attached hydrogens (tertiary/aromatic N) is 5. The minimum absolute atomic E-state index is 0.00278. The molecule has 1 amide bonds. The van der Waals surface area contributed by atoms with Crippen LogP contribution in [-0.2, 0) is 4.79 Å². The molecule has 0 atom stereocenters. The number of piperazine rings is 1. The molecule has 132 valence electrons. The molecule has 0 spiro atoms. The van der Waals surface area contributed by atoms with E-state index in [9.17, 15) is 9.18 Å². The third kappa shape index (κ3) is 3.21. The van der Waals surface area contributed by atoms with Crippen molar-refractivity contribution in [3.05, 3.63) is 41.6 Å². The van der Waals surface area contributed by atoms with Crippen molar-refractivity contribution >= 4 is 46.0 Å². The summed E-state index contributed by atoms with van der Waals surface area (Å²) in [6.45, 7) is 1.33. The number of carbonyl (C=O) groups excluding carboxylic acids is 1. The Hall–Kier alpha value is -3.07. The fourth-order valence-electron chi connectivity index (χ4n) is 2.61. The number of rotatable bonds is 3. The number of anilines is 3. The molecule has 0 unspecified atom stereocenters. The minimum atomic E-state index is -0.502. The SMILES string of the molecule is O=C1CN(c2ncc3ncnc(Nc4ccc(F)c(Cl)c4)c3n2)CCN1. The van der Waals surface area contributed by atoms with E-state index in [0.717, 1.165) is 0 Å². The molecule has 2 N–H and O–H groups in total. The highest BCUT2D eigenvalue weighted by atomic mass is 35.5. The molecule has 10 heteroatoms. The summed E-state index contributed by atoms with van der Waals surface area (Å²) in [5.41, 5.74) is 1.60. The van der Waals surface area contributed by atoms with E-state index in [1.54, 1.807) is 17.2 Å². The van der Waals surface area contributed by atoms with Crippen molar-refractivity contribution in [3.63, 3.8) is 0 Å². The molecule has 8 nitrogen and oxygen atoms in total. The summed E-state index contributed by atoms with van der Waals surface area (Å²) in [7, 11) is 0. The second-order valence-corrected chi connectivity index (χ2v) is 6.06. The van der Waals surface area contributed by atoms with Gasteiger partial charge >= 0.3 is 0 Å². The van der Waals surface area contributed by atoms with Crippen LogP contribution >= 0.6 is 11.6 Å². The van der Waals surface area contributed by atoms with Gasteiger partial charge in [0, 0.05) is 18.8 Å². The second-order valence-electron chi connectivity index (χ2n) is 5.65. The molecule has 1 aromatic carbocycles. The molecule has 1 aliphatic heterocycles. The number of benzene rings is 1. The van der Waals surface area contributed by atoms with Gasteiger partial charge in [0.15, 0.2) is 5.82 Å². The Morgan fingerprint density at radius 1 is 1.27 bits per heavy atom. The summed E-state index contributed by atoms with van der Waals surface area (Å²) in [6.07, 6.45) is 2.96. The molecule has 0 aliphatic carbocycles. The predicted octanol–water partition coefficient (Wildman–Crippen LogP) is 1.89. The summed E-state index contributed by atoms with van der Waals surface area (Å²) in [4.78, 5) is 30.5. The first-order valence-electron chi connectivity index (χ1n) is 7.81. The van der Waals surface area contributed by atoms with Gasteiger partial charge in [0.1, 0.15) is 23.2 Å². The first-order chi connectivity index (χ1) is 12.6. The highest BCUT2D eigenvalue weighted by molar-refractivity contribution is 6.31. The quantitative estimate of drug-likeness (QED) is 0.723. The fourth-order valence-corrected chi connectivity index (χ4v) is 2.79. The molecular formula is C16H13ClFN7O. The molecule has 3 heterocycles. The number of hydrogen-bond donors (Lipinski definition) is 2. The molecule has 0 bridgehead atoms. The number of fused-ring (bicyclic) bond motifs is 1. The van der Waals surface area contributed by atoms with Gasteiger partial charge in [0.25, 0.3) is 0 Å². The number of hydrogen-bond acceptors (Lipinski definition) is 7. The second kappa shape index (κ2) is 6.68. The van der Waals surface area contributed by atoms with Crippen LogP contribution in [-0.4, -0.2) is 45.5 Å². The fraction of sp³-hybridized carbons (Fsp3) is 0.188. The molecule has 2 aromatic heterocycles. The molecule has 4 rings (SSSR count). The zero-order valence-corrected chi connectivity index (χ0v) is 14.2. The van der Waals surface area contributed by atoms with Crippen molar-refractivity contribution in [1.29, 1.82) is 0 Å². The normalized spacial score (nSPS) is 14.4. The molecule has 1 aliphatic rings. The summed E-state index contributed by atoms with van der Waals surface area (Å²) < 4.78 is 13.3. The molecule has 0 radical (unpaired) electrons. The standard InChI is InChI=1S/C16H13ClFN7O/c17-10-5-9(1-2-11(10)18)23-15-14-12(21-8-22-15)6-20-16(24-14)25-4-3-19-13(26)7-25/h1-2,5-6,8H,3-4,7H2,(H,19,26)(H,21,22,23). The van der Waals surface area contributed by atoms with Crippen LogP contribution in [0.15, 0.2) is 30.7 Å². The van der Waals surface area contributed by atoms with Crippen LogP contribution in [0.2, 0.25) is 5.02 Å². The maximum Gasteiger partial charge on any atom is 0.239 e. The monoisotopic (exact) mass is 373 g/mol. The van der Waals surface area contributed by atoms with E-state index < -0.39 is 5.82 Å². The van der Waals surface area contributed by atoms with E-state index in [2.05, 4.69) is 30.6 Å². The lowest BCUT2D eigenvalue weighted by atomic mass is 10.3. The van der Waals surface area contributed by atoms with Crippen LogP contribution in [0.25, 0.3) is 11.0 Å². The third-order valence-corrected chi connectivity index (χ3v) is 4.16. The lowest BCUT2D eigenvalue weighted by molar-refractivity contribution is -0.120. The van der Waals surface area contributed by atoms with E-state index >= 15 is 0 Å². The molecule has 26 heavy (non-hydrogen) atoms. The predicted molar refractivity (Wildman–Crippen MR) is 95.0 cm³/mol. The van der Waals surface area contributed by atoms with Crippen molar-refractivity contribution in [2.45, 2.75) is 0 Å². The zero-order chi connectivity index (χ0) is 18.1. The Labute approximate surface area is 152 Å². The molecule has 1 saturated heterocycles. The maximum absolute atomic E-state index is 13.3. The Morgan fingerprint density at radius 3 is 2.96 bits per heavy atom. The van der Waals surface area contributed by atoms with Gasteiger partial charge in [-0.2, -0.15) is 0 Å². The van der Waals surface area contributed by atoms with E-state index in [0.29, 0.717) is 41.6 Å². The number of aromatic nitrogens is 4. The van der Waals surface area contributed by atoms with Crippen molar-refractivity contribution in [1.82, 2.24) is 25.3 Å². The van der Waals surface area contributed by atoms with Crippen LogP contribution in [0.4, 0.5) is 21.8 Å². The molecular weight excluding hydrogens is 361 g/mol. The first-order valence-corrected chi connectivity index (χ1v) is 8.19. The van der Waals surface area contributed by atoms with E-state index in [4.69, 9.17) is 11.6 Å². The van der Waals surface area contributed by atoms with E-state index in [-0.39, 0.29) is 17.5 Å². The van der Waals surface area contributed by atoms with Crippen molar-refractivity contribution < 1.29 is 9.18 Å². The van der Waals surface area contributed by atoms with E-state index in [1.165, 1.54) is 18.5 Å². The van der Waals surface area contributed by atoms with E-state index in [1.807, 2.05) is 0 Å². The van der Waals surface area contributed by atoms with Crippen LogP contribution in [0.3, 0.4) is 0 Å². The van der Waals surface area contributed by atoms with Gasteiger partial charge in [-0.3, -0.25) is 4.79 Å². The van der Waals surface area contributed by atoms with Gasteiger partial charge in [-0.1, -0.05) is 11.6 Å². The van der Waals surface area contributed by atoms with Crippen molar-refractivity contribution in [3.8, 4) is 0 Å². The zero-order valence-electron chi connectivity index (χ0n) is 13.4. The Morgan fingerprint density at radius 2 is 2.15 bits per heavy atom. The molecule has 1 fully saturated rings. The van der Waals surface area contributed by atoms with Crippen LogP contribution in [0.1, 0.15) is 0 Å². The van der Waals surface area contributed by atoms with Crippen LogP contribution < -0.4 is 15.5 Å². The highest BCUT2D eigenvalue weighted by Crippen LogP contribution is 2.25. The summed E-state index contributed by atoms with van der Waals surface area (Å²) >= 11 is 5.82. The van der Waals surface area contributed by atoms with Gasteiger partial charge in [0.2, 0.25) is 11.9 Å². The third-order valence-electron chi connectivity index (χ3n) is 3.87. The lowest BCUT2D eigenvalue weighted by Crippen LogP contribution is -2.48. The Bertz CT molecular complexity index is 999. The smallest absolute Gasteiger partial charge is 0.239 e. The van der Waals surface area contributed by atoms with Gasteiger partial charge in [-0.05, 0) is 18.2 Å². The number of amides is 1. The summed E-state index contributed by atoms with van der Waals surface area (Å²) in [5.74, 6) is 0.270. The van der Waals surface area contributed by atoms with Gasteiger partial charge in [-0.25, -0.2) is 24.3 Å². The highest BCUT2D eigenvalue weighted by Gasteiger charge is 2.19. The average Bonchev–Trinajstić information content (AvgIpc) is 2.65. The Balaban J connectivity index is 1.71. The van der Waals surface area contributed by atoms with Gasteiger partial charge in [0.05, 0.1) is 17.8 Å². The summed E-state index contributed by atoms with van der Waals surface area (Å²) in [5, 5.41) is 5.82. The number of carbonyl (C=O) groups is 1. The van der Waals surface area contributed by atoms with Crippen molar-refractivity contribution in [2.75, 3.05) is 29.9 Å². The van der Waals surface area contributed by atoms with Crippen LogP contribution in [0, 0.1) is 5.82 Å². The van der Waals surface area contributed by atoms with Gasteiger partial charge < -0.3 is 15.5 Å². The average molecular weight is 374 g/mol. The first kappa shape index (κ1) is 16.4. The van der Waals surface area contributed by atoms with Crippen LogP contribution in [0.5, 0.6) is 0 Å². The largest absolute Gasteiger partial charge is 0.353 e. The number of halogens is 2. The number of nitrogens with one attached hydrogen (secondary N) is 2. The molecule has 0 saturated carbocycles. The topological polar surface area (TPSA) is 95.9 Å².